The van der Waals surface area contributed by atoms with E-state index in [0.717, 1.165) is 5.57 Å². The normalized spacial score (nSPS) is 13.3. The summed E-state index contributed by atoms with van der Waals surface area (Å²) in [6.07, 6.45) is -0.140. The standard InChI is InChI=1S/C18H26O6/c1-14(15(2)23-12-20-3)17(24-13-21-4)10-11-22-18(19)16-8-6-5-7-9-16/h5-9,15,17H,1,10-13H2,2-4H3/t15-,17+/m0/s1. The number of methoxy groups -OCH3 is 2. The van der Waals surface area contributed by atoms with Gasteiger partial charge in [-0.15, -0.1) is 0 Å². The predicted molar refractivity (Wildman–Crippen MR) is 89.7 cm³/mol. The van der Waals surface area contributed by atoms with Crippen molar-refractivity contribution in [3.05, 3.63) is 48.0 Å². The Morgan fingerprint density at radius 1 is 1.08 bits per heavy atom. The molecule has 0 N–H and O–H groups in total. The van der Waals surface area contributed by atoms with Gasteiger partial charge in [0.25, 0.3) is 0 Å². The monoisotopic (exact) mass is 338 g/mol. The van der Waals surface area contributed by atoms with Gasteiger partial charge in [0.05, 0.1) is 24.4 Å². The van der Waals surface area contributed by atoms with Crippen LogP contribution in [0.25, 0.3) is 0 Å². The highest BCUT2D eigenvalue weighted by Gasteiger charge is 2.20. The first-order valence-corrected chi connectivity index (χ1v) is 7.72. The van der Waals surface area contributed by atoms with Crippen LogP contribution in [0, 0.1) is 0 Å². The molecule has 0 fully saturated rings. The van der Waals surface area contributed by atoms with Crippen LogP contribution in [0.2, 0.25) is 0 Å². The average molecular weight is 338 g/mol. The number of hydrogen-bond acceptors (Lipinski definition) is 6. The summed E-state index contributed by atoms with van der Waals surface area (Å²) in [4.78, 5) is 11.9. The van der Waals surface area contributed by atoms with Gasteiger partial charge in [0, 0.05) is 20.6 Å². The Morgan fingerprint density at radius 3 is 2.33 bits per heavy atom. The van der Waals surface area contributed by atoms with Crippen LogP contribution in [0.4, 0.5) is 0 Å². The molecule has 0 radical (unpaired) electrons. The molecule has 24 heavy (non-hydrogen) atoms. The second-order valence-corrected chi connectivity index (χ2v) is 5.14. The van der Waals surface area contributed by atoms with Crippen LogP contribution in [0.3, 0.4) is 0 Å². The molecule has 0 aliphatic rings. The Labute approximate surface area is 143 Å². The fraction of sp³-hybridized carbons (Fsp3) is 0.500. The average Bonchev–Trinajstić information content (AvgIpc) is 2.62. The molecule has 2 atom stereocenters. The maximum absolute atomic E-state index is 11.9. The zero-order valence-electron chi connectivity index (χ0n) is 14.5. The summed E-state index contributed by atoms with van der Waals surface area (Å²) in [7, 11) is 3.09. The summed E-state index contributed by atoms with van der Waals surface area (Å²) in [6.45, 7) is 6.37. The zero-order valence-corrected chi connectivity index (χ0v) is 14.5. The first-order valence-electron chi connectivity index (χ1n) is 7.72. The van der Waals surface area contributed by atoms with Crippen molar-refractivity contribution in [2.75, 3.05) is 34.4 Å². The minimum Gasteiger partial charge on any atom is -0.462 e. The molecule has 6 heteroatoms. The quantitative estimate of drug-likeness (QED) is 0.332. The molecule has 0 spiro atoms. The van der Waals surface area contributed by atoms with Gasteiger partial charge in [-0.25, -0.2) is 4.79 Å². The molecular formula is C18H26O6. The number of carbonyl (C=O) groups is 1. The number of benzene rings is 1. The molecule has 6 nitrogen and oxygen atoms in total. The Morgan fingerprint density at radius 2 is 1.71 bits per heavy atom. The van der Waals surface area contributed by atoms with Gasteiger partial charge < -0.3 is 23.7 Å². The topological polar surface area (TPSA) is 63.2 Å². The van der Waals surface area contributed by atoms with Crippen molar-refractivity contribution in [1.82, 2.24) is 0 Å². The summed E-state index contributed by atoms with van der Waals surface area (Å²) in [5.41, 5.74) is 1.25. The van der Waals surface area contributed by atoms with E-state index in [1.54, 1.807) is 38.5 Å². The first-order chi connectivity index (χ1) is 11.6. The van der Waals surface area contributed by atoms with Gasteiger partial charge in [0.1, 0.15) is 13.6 Å². The molecule has 0 aliphatic heterocycles. The molecule has 0 saturated carbocycles. The number of ether oxygens (including phenoxy) is 5. The molecule has 134 valence electrons. The van der Waals surface area contributed by atoms with E-state index in [4.69, 9.17) is 23.7 Å². The summed E-state index contributed by atoms with van der Waals surface area (Å²) in [5.74, 6) is -0.365. The Kier molecular flexibility index (Phi) is 9.95. The largest absolute Gasteiger partial charge is 0.462 e. The van der Waals surface area contributed by atoms with Crippen molar-refractivity contribution in [1.29, 1.82) is 0 Å². The Hall–Kier alpha value is -1.73. The van der Waals surface area contributed by atoms with E-state index in [0.29, 0.717) is 12.0 Å². The zero-order chi connectivity index (χ0) is 17.8. The number of rotatable bonds is 12. The van der Waals surface area contributed by atoms with Gasteiger partial charge in [0.15, 0.2) is 0 Å². The van der Waals surface area contributed by atoms with Gasteiger partial charge >= 0.3 is 5.97 Å². The van der Waals surface area contributed by atoms with E-state index in [9.17, 15) is 4.79 Å². The van der Waals surface area contributed by atoms with E-state index in [1.807, 2.05) is 13.0 Å². The third kappa shape index (κ3) is 7.23. The van der Waals surface area contributed by atoms with Gasteiger partial charge in [-0.2, -0.15) is 0 Å². The van der Waals surface area contributed by atoms with Crippen LogP contribution in [0.5, 0.6) is 0 Å². The lowest BCUT2D eigenvalue weighted by molar-refractivity contribution is -0.0873. The molecule has 0 bridgehead atoms. The van der Waals surface area contributed by atoms with E-state index < -0.39 is 0 Å². The molecule has 0 amide bonds. The minimum atomic E-state index is -0.365. The van der Waals surface area contributed by atoms with Gasteiger partial charge in [-0.05, 0) is 24.6 Å². The van der Waals surface area contributed by atoms with Gasteiger partial charge in [-0.3, -0.25) is 0 Å². The third-order valence-corrected chi connectivity index (χ3v) is 3.38. The second-order valence-electron chi connectivity index (χ2n) is 5.14. The number of esters is 1. The van der Waals surface area contributed by atoms with Crippen LogP contribution in [0.1, 0.15) is 23.7 Å². The Balaban J connectivity index is 2.50. The van der Waals surface area contributed by atoms with E-state index >= 15 is 0 Å². The lowest BCUT2D eigenvalue weighted by Gasteiger charge is -2.24. The molecule has 0 aliphatic carbocycles. The van der Waals surface area contributed by atoms with Crippen molar-refractivity contribution < 1.29 is 28.5 Å². The Bertz CT molecular complexity index is 488. The van der Waals surface area contributed by atoms with E-state index in [1.165, 1.54) is 0 Å². The molecule has 1 aromatic rings. The summed E-state index contributed by atoms with van der Waals surface area (Å²) in [5, 5.41) is 0. The fourth-order valence-electron chi connectivity index (χ4n) is 1.98. The highest BCUT2D eigenvalue weighted by molar-refractivity contribution is 5.89. The highest BCUT2D eigenvalue weighted by atomic mass is 16.7. The smallest absolute Gasteiger partial charge is 0.338 e. The second kappa shape index (κ2) is 11.8. The molecule has 0 heterocycles. The molecule has 1 aromatic carbocycles. The number of carbonyl (C=O) groups excluding carboxylic acids is 1. The lowest BCUT2D eigenvalue weighted by Crippen LogP contribution is -2.27. The van der Waals surface area contributed by atoms with Gasteiger partial charge in [0.2, 0.25) is 0 Å². The maximum atomic E-state index is 11.9. The first kappa shape index (κ1) is 20.3. The van der Waals surface area contributed by atoms with Crippen LogP contribution in [0.15, 0.2) is 42.5 Å². The van der Waals surface area contributed by atoms with Crippen molar-refractivity contribution in [3.8, 4) is 0 Å². The van der Waals surface area contributed by atoms with Crippen LogP contribution < -0.4 is 0 Å². The van der Waals surface area contributed by atoms with Crippen LogP contribution in [-0.2, 0) is 23.7 Å². The minimum absolute atomic E-state index is 0.118. The SMILES string of the molecule is C=C([C@H](C)OCOC)[C@@H](CCOC(=O)c1ccccc1)OCOC. The molecule has 0 saturated heterocycles. The molecule has 0 aromatic heterocycles. The van der Waals surface area contributed by atoms with E-state index in [2.05, 4.69) is 6.58 Å². The summed E-state index contributed by atoms with van der Waals surface area (Å²) < 4.78 is 26.2. The third-order valence-electron chi connectivity index (χ3n) is 3.38. The summed E-state index contributed by atoms with van der Waals surface area (Å²) in [6, 6.07) is 8.84. The maximum Gasteiger partial charge on any atom is 0.338 e. The van der Waals surface area contributed by atoms with Gasteiger partial charge in [-0.1, -0.05) is 24.8 Å². The van der Waals surface area contributed by atoms with Crippen molar-refractivity contribution in [2.45, 2.75) is 25.6 Å². The van der Waals surface area contributed by atoms with Crippen molar-refractivity contribution >= 4 is 5.97 Å². The van der Waals surface area contributed by atoms with Crippen LogP contribution in [-0.4, -0.2) is 52.6 Å². The van der Waals surface area contributed by atoms with Crippen molar-refractivity contribution in [3.63, 3.8) is 0 Å². The molecular weight excluding hydrogens is 312 g/mol. The highest BCUT2D eigenvalue weighted by Crippen LogP contribution is 2.16. The van der Waals surface area contributed by atoms with E-state index in [-0.39, 0.29) is 38.4 Å². The molecule has 1 rings (SSSR count). The molecule has 0 unspecified atom stereocenters. The fourth-order valence-corrected chi connectivity index (χ4v) is 1.98. The lowest BCUT2D eigenvalue weighted by atomic mass is 10.0. The van der Waals surface area contributed by atoms with Crippen molar-refractivity contribution in [2.24, 2.45) is 0 Å². The van der Waals surface area contributed by atoms with Crippen LogP contribution >= 0.6 is 0 Å². The summed E-state index contributed by atoms with van der Waals surface area (Å²) >= 11 is 0. The predicted octanol–water partition coefficient (Wildman–Crippen LogP) is 2.79. The number of hydrogen-bond donors (Lipinski definition) is 0.